The maximum absolute atomic E-state index is 11.7. The SMILES string of the molecule is CCNC(=NCCCN1CCC(C)CC1)N1CCC(C(=O)OC)CC1. The molecule has 0 aromatic carbocycles. The van der Waals surface area contributed by atoms with Crippen molar-refractivity contribution >= 4 is 11.9 Å². The topological polar surface area (TPSA) is 57.2 Å². The molecule has 6 heteroatoms. The van der Waals surface area contributed by atoms with Gasteiger partial charge in [-0.3, -0.25) is 9.79 Å². The molecule has 2 aliphatic heterocycles. The average Bonchev–Trinajstić information content (AvgIpc) is 2.65. The first kappa shape index (κ1) is 20.0. The maximum Gasteiger partial charge on any atom is 0.308 e. The van der Waals surface area contributed by atoms with E-state index in [-0.39, 0.29) is 11.9 Å². The second-order valence-corrected chi connectivity index (χ2v) is 7.40. The summed E-state index contributed by atoms with van der Waals surface area (Å²) in [4.78, 5) is 21.3. The summed E-state index contributed by atoms with van der Waals surface area (Å²) >= 11 is 0. The first-order chi connectivity index (χ1) is 12.1. The van der Waals surface area contributed by atoms with E-state index in [9.17, 15) is 4.79 Å². The van der Waals surface area contributed by atoms with E-state index in [1.807, 2.05) is 0 Å². The molecule has 0 bridgehead atoms. The van der Waals surface area contributed by atoms with Crippen LogP contribution in [-0.2, 0) is 9.53 Å². The van der Waals surface area contributed by atoms with Crippen molar-refractivity contribution in [2.45, 2.75) is 46.0 Å². The van der Waals surface area contributed by atoms with E-state index in [4.69, 9.17) is 9.73 Å². The largest absolute Gasteiger partial charge is 0.469 e. The van der Waals surface area contributed by atoms with Crippen molar-refractivity contribution in [2.24, 2.45) is 16.8 Å². The van der Waals surface area contributed by atoms with Crippen molar-refractivity contribution in [1.82, 2.24) is 15.1 Å². The number of esters is 1. The molecule has 0 radical (unpaired) electrons. The molecule has 0 amide bonds. The zero-order chi connectivity index (χ0) is 18.1. The monoisotopic (exact) mass is 352 g/mol. The molecule has 0 aromatic rings. The van der Waals surface area contributed by atoms with Gasteiger partial charge in [0.1, 0.15) is 0 Å². The molecule has 0 unspecified atom stereocenters. The first-order valence-electron chi connectivity index (χ1n) is 9.97. The lowest BCUT2D eigenvalue weighted by atomic mass is 9.97. The van der Waals surface area contributed by atoms with Crippen LogP contribution in [0.5, 0.6) is 0 Å². The molecule has 1 N–H and O–H groups in total. The molecule has 2 fully saturated rings. The molecule has 0 spiro atoms. The van der Waals surface area contributed by atoms with Crippen molar-refractivity contribution in [3.63, 3.8) is 0 Å². The van der Waals surface area contributed by atoms with Crippen molar-refractivity contribution < 1.29 is 9.53 Å². The number of carbonyl (C=O) groups excluding carboxylic acids is 1. The van der Waals surface area contributed by atoms with E-state index in [1.165, 1.54) is 33.0 Å². The summed E-state index contributed by atoms with van der Waals surface area (Å²) in [7, 11) is 1.48. The summed E-state index contributed by atoms with van der Waals surface area (Å²) in [6.07, 6.45) is 5.48. The van der Waals surface area contributed by atoms with Crippen molar-refractivity contribution in [3.05, 3.63) is 0 Å². The number of nitrogens with one attached hydrogen (secondary N) is 1. The summed E-state index contributed by atoms with van der Waals surface area (Å²) in [6.45, 7) is 11.6. The van der Waals surface area contributed by atoms with Crippen LogP contribution in [0.3, 0.4) is 0 Å². The van der Waals surface area contributed by atoms with Crippen molar-refractivity contribution in [3.8, 4) is 0 Å². The minimum absolute atomic E-state index is 0.0469. The highest BCUT2D eigenvalue weighted by Crippen LogP contribution is 2.19. The third-order valence-corrected chi connectivity index (χ3v) is 5.43. The Kier molecular flexibility index (Phi) is 8.52. The van der Waals surface area contributed by atoms with Crippen LogP contribution in [0.15, 0.2) is 4.99 Å². The van der Waals surface area contributed by atoms with Gasteiger partial charge in [-0.2, -0.15) is 0 Å². The van der Waals surface area contributed by atoms with Gasteiger partial charge in [0.2, 0.25) is 0 Å². The Balaban J connectivity index is 1.74. The molecule has 0 aromatic heterocycles. The third-order valence-electron chi connectivity index (χ3n) is 5.43. The van der Waals surface area contributed by atoms with E-state index in [0.29, 0.717) is 0 Å². The maximum atomic E-state index is 11.7. The fraction of sp³-hybridized carbons (Fsp3) is 0.895. The number of guanidine groups is 1. The number of carbonyl (C=O) groups is 1. The van der Waals surface area contributed by atoms with Gasteiger partial charge in [-0.15, -0.1) is 0 Å². The molecular formula is C19H36N4O2. The number of hydrogen-bond donors (Lipinski definition) is 1. The van der Waals surface area contributed by atoms with Crippen LogP contribution in [0.25, 0.3) is 0 Å². The fourth-order valence-corrected chi connectivity index (χ4v) is 3.68. The van der Waals surface area contributed by atoms with Gasteiger partial charge in [-0.05, 0) is 64.6 Å². The predicted octanol–water partition coefficient (Wildman–Crippen LogP) is 1.96. The number of methoxy groups -OCH3 is 1. The summed E-state index contributed by atoms with van der Waals surface area (Å²) < 4.78 is 4.87. The molecule has 2 rings (SSSR count). The van der Waals surface area contributed by atoms with Gasteiger partial charge in [-0.25, -0.2) is 0 Å². The molecule has 25 heavy (non-hydrogen) atoms. The van der Waals surface area contributed by atoms with E-state index in [1.54, 1.807) is 0 Å². The van der Waals surface area contributed by atoms with Gasteiger partial charge in [0.15, 0.2) is 5.96 Å². The lowest BCUT2D eigenvalue weighted by molar-refractivity contribution is -0.146. The third kappa shape index (κ3) is 6.49. The molecule has 2 aliphatic rings. The van der Waals surface area contributed by atoms with Crippen LogP contribution in [0.4, 0.5) is 0 Å². The van der Waals surface area contributed by atoms with Crippen LogP contribution in [-0.4, -0.2) is 74.7 Å². The zero-order valence-corrected chi connectivity index (χ0v) is 16.3. The van der Waals surface area contributed by atoms with E-state index < -0.39 is 0 Å². The second kappa shape index (κ2) is 10.6. The smallest absolute Gasteiger partial charge is 0.308 e. The number of rotatable bonds is 6. The Morgan fingerprint density at radius 2 is 1.84 bits per heavy atom. The normalized spacial score (nSPS) is 21.4. The van der Waals surface area contributed by atoms with E-state index >= 15 is 0 Å². The molecule has 0 saturated carbocycles. The highest BCUT2D eigenvalue weighted by molar-refractivity contribution is 5.80. The standard InChI is InChI=1S/C19H36N4O2/c1-4-20-19(23-14-8-17(9-15-23)18(24)25-3)21-10-5-11-22-12-6-16(2)7-13-22/h16-17H,4-15H2,1-3H3,(H,20,21). The summed E-state index contributed by atoms with van der Waals surface area (Å²) in [6, 6.07) is 0. The average molecular weight is 353 g/mol. The minimum atomic E-state index is -0.0718. The van der Waals surface area contributed by atoms with Crippen LogP contribution in [0, 0.1) is 11.8 Å². The molecular weight excluding hydrogens is 316 g/mol. The number of hydrogen-bond acceptors (Lipinski definition) is 4. The second-order valence-electron chi connectivity index (χ2n) is 7.40. The number of likely N-dealkylation sites (tertiary alicyclic amines) is 2. The number of ether oxygens (including phenoxy) is 1. The Morgan fingerprint density at radius 3 is 2.44 bits per heavy atom. The van der Waals surface area contributed by atoms with Crippen LogP contribution >= 0.6 is 0 Å². The van der Waals surface area contributed by atoms with E-state index in [0.717, 1.165) is 63.9 Å². The summed E-state index contributed by atoms with van der Waals surface area (Å²) in [5.74, 6) is 1.86. The number of piperidine rings is 2. The molecule has 0 aliphatic carbocycles. The van der Waals surface area contributed by atoms with Gasteiger partial charge in [0.05, 0.1) is 13.0 Å². The highest BCUT2D eigenvalue weighted by Gasteiger charge is 2.26. The van der Waals surface area contributed by atoms with Gasteiger partial charge in [-0.1, -0.05) is 6.92 Å². The Bertz CT molecular complexity index is 425. The van der Waals surface area contributed by atoms with Crippen LogP contribution in [0.2, 0.25) is 0 Å². The fourth-order valence-electron chi connectivity index (χ4n) is 3.68. The van der Waals surface area contributed by atoms with Gasteiger partial charge in [0.25, 0.3) is 0 Å². The minimum Gasteiger partial charge on any atom is -0.469 e. The molecule has 0 atom stereocenters. The Labute approximate surface area is 153 Å². The molecule has 6 nitrogen and oxygen atoms in total. The molecule has 2 heterocycles. The lowest BCUT2D eigenvalue weighted by Crippen LogP contribution is -2.46. The van der Waals surface area contributed by atoms with Gasteiger partial charge >= 0.3 is 5.97 Å². The first-order valence-corrected chi connectivity index (χ1v) is 9.97. The highest BCUT2D eigenvalue weighted by atomic mass is 16.5. The van der Waals surface area contributed by atoms with Gasteiger partial charge < -0.3 is 19.9 Å². The number of aliphatic imine (C=N–C) groups is 1. The zero-order valence-electron chi connectivity index (χ0n) is 16.3. The lowest BCUT2D eigenvalue weighted by Gasteiger charge is -2.33. The Morgan fingerprint density at radius 1 is 1.16 bits per heavy atom. The Hall–Kier alpha value is -1.30. The summed E-state index contributed by atoms with van der Waals surface area (Å²) in [5, 5.41) is 3.40. The van der Waals surface area contributed by atoms with E-state index in [2.05, 4.69) is 29.0 Å². The van der Waals surface area contributed by atoms with Crippen LogP contribution in [0.1, 0.15) is 46.0 Å². The predicted molar refractivity (Wildman–Crippen MR) is 102 cm³/mol. The van der Waals surface area contributed by atoms with Crippen LogP contribution < -0.4 is 5.32 Å². The quantitative estimate of drug-likeness (QED) is 0.343. The van der Waals surface area contributed by atoms with Crippen molar-refractivity contribution in [1.29, 1.82) is 0 Å². The molecule has 2 saturated heterocycles. The number of nitrogens with zero attached hydrogens (tertiary/aromatic N) is 3. The van der Waals surface area contributed by atoms with Gasteiger partial charge in [0, 0.05) is 26.2 Å². The van der Waals surface area contributed by atoms with Crippen molar-refractivity contribution in [2.75, 3.05) is 52.9 Å². The summed E-state index contributed by atoms with van der Waals surface area (Å²) in [5.41, 5.74) is 0. The molecule has 144 valence electrons.